The van der Waals surface area contributed by atoms with E-state index >= 15 is 0 Å². The van der Waals surface area contributed by atoms with Gasteiger partial charge in [0.2, 0.25) is 0 Å². The van der Waals surface area contributed by atoms with Crippen LogP contribution in [0, 0.1) is 16.1 Å². The molecule has 0 atom stereocenters. The van der Waals surface area contributed by atoms with Gasteiger partial charge in [0.25, 0.3) is 0 Å². The highest BCUT2D eigenvalue weighted by Crippen LogP contribution is 2.15. The Hall–Kier alpha value is -2.17. The van der Waals surface area contributed by atoms with Crippen LogP contribution in [0.15, 0.2) is 24.3 Å². The zero-order valence-corrected chi connectivity index (χ0v) is 13.5. The maximum Gasteiger partial charge on any atom is 0.199 e. The number of aromatic nitrogens is 3. The predicted octanol–water partition coefficient (Wildman–Crippen LogP) is 2.28. The Morgan fingerprint density at radius 1 is 1.45 bits per heavy atom. The van der Waals surface area contributed by atoms with Crippen molar-refractivity contribution >= 4 is 17.9 Å². The molecule has 0 unspecified atom stereocenters. The minimum atomic E-state index is -0.135. The third kappa shape index (κ3) is 3.35. The highest BCUT2D eigenvalue weighted by atomic mass is 32.1. The van der Waals surface area contributed by atoms with Gasteiger partial charge >= 0.3 is 0 Å². The molecule has 0 bridgehead atoms. The van der Waals surface area contributed by atoms with E-state index in [2.05, 4.69) is 18.1 Å². The first-order valence-electron chi connectivity index (χ1n) is 7.09. The number of hydrogen-bond acceptors (Lipinski definition) is 5. The van der Waals surface area contributed by atoms with E-state index in [0.717, 1.165) is 18.7 Å². The molecular formula is C15H19N5OS. The van der Waals surface area contributed by atoms with Gasteiger partial charge in [-0.3, -0.25) is 0 Å². The van der Waals surface area contributed by atoms with Gasteiger partial charge in [0.05, 0.1) is 11.6 Å². The summed E-state index contributed by atoms with van der Waals surface area (Å²) in [6, 6.07) is 9.49. The summed E-state index contributed by atoms with van der Waals surface area (Å²) in [4.78, 5) is 1.96. The quantitative estimate of drug-likeness (QED) is 0.828. The molecule has 0 radical (unpaired) electrons. The summed E-state index contributed by atoms with van der Waals surface area (Å²) in [5.74, 6) is 0.575. The number of anilines is 1. The molecule has 1 heterocycles. The van der Waals surface area contributed by atoms with Crippen LogP contribution in [0.25, 0.3) is 0 Å². The standard InChI is InChI=1S/C15H19N5OS/c1-3-7-19-14(10-21)17-20(15(19)22)11-18(2)13-6-4-5-12(8-13)9-16/h4-6,8,21H,3,7,10-11H2,1-2H3. The summed E-state index contributed by atoms with van der Waals surface area (Å²) in [5.41, 5.74) is 1.53. The van der Waals surface area contributed by atoms with E-state index in [1.54, 1.807) is 10.7 Å². The summed E-state index contributed by atoms with van der Waals surface area (Å²) < 4.78 is 4.14. The lowest BCUT2D eigenvalue weighted by molar-refractivity contribution is 0.263. The fourth-order valence-electron chi connectivity index (χ4n) is 2.24. The third-order valence-electron chi connectivity index (χ3n) is 3.35. The highest BCUT2D eigenvalue weighted by molar-refractivity contribution is 7.71. The third-order valence-corrected chi connectivity index (χ3v) is 3.78. The molecule has 22 heavy (non-hydrogen) atoms. The lowest BCUT2D eigenvalue weighted by Crippen LogP contribution is -2.22. The van der Waals surface area contributed by atoms with Crippen molar-refractivity contribution in [1.29, 1.82) is 5.26 Å². The van der Waals surface area contributed by atoms with Crippen LogP contribution in [0.3, 0.4) is 0 Å². The summed E-state index contributed by atoms with van der Waals surface area (Å²) in [6.45, 7) is 3.11. The van der Waals surface area contributed by atoms with E-state index < -0.39 is 0 Å². The predicted molar refractivity (Wildman–Crippen MR) is 86.8 cm³/mol. The van der Waals surface area contributed by atoms with Crippen molar-refractivity contribution in [3.05, 3.63) is 40.4 Å². The molecule has 0 saturated carbocycles. The Morgan fingerprint density at radius 2 is 2.23 bits per heavy atom. The first-order chi connectivity index (χ1) is 10.6. The molecule has 2 rings (SSSR count). The second-order valence-electron chi connectivity index (χ2n) is 5.01. The van der Waals surface area contributed by atoms with Crippen LogP contribution in [0.4, 0.5) is 5.69 Å². The second-order valence-corrected chi connectivity index (χ2v) is 5.37. The maximum absolute atomic E-state index is 9.41. The molecule has 1 N–H and O–H groups in total. The zero-order valence-electron chi connectivity index (χ0n) is 12.7. The van der Waals surface area contributed by atoms with Gasteiger partial charge in [0.1, 0.15) is 13.3 Å². The first-order valence-corrected chi connectivity index (χ1v) is 7.50. The molecule has 0 aliphatic carbocycles. The van der Waals surface area contributed by atoms with Gasteiger partial charge in [-0.1, -0.05) is 13.0 Å². The van der Waals surface area contributed by atoms with E-state index in [4.69, 9.17) is 17.5 Å². The lowest BCUT2D eigenvalue weighted by atomic mass is 10.2. The van der Waals surface area contributed by atoms with Crippen molar-refractivity contribution in [2.75, 3.05) is 11.9 Å². The van der Waals surface area contributed by atoms with Crippen LogP contribution < -0.4 is 4.90 Å². The van der Waals surface area contributed by atoms with Gasteiger partial charge in [-0.15, -0.1) is 0 Å². The van der Waals surface area contributed by atoms with Gasteiger partial charge in [0, 0.05) is 19.3 Å². The Balaban J connectivity index is 2.26. The van der Waals surface area contributed by atoms with Gasteiger partial charge in [-0.2, -0.15) is 10.4 Å². The summed E-state index contributed by atoms with van der Waals surface area (Å²) in [6.07, 6.45) is 0.924. The number of nitrogens with zero attached hydrogens (tertiary/aromatic N) is 5. The summed E-state index contributed by atoms with van der Waals surface area (Å²) in [7, 11) is 1.91. The molecule has 0 amide bonds. The fourth-order valence-corrected chi connectivity index (χ4v) is 2.53. The molecular weight excluding hydrogens is 298 g/mol. The van der Waals surface area contributed by atoms with Gasteiger partial charge in [-0.05, 0) is 36.8 Å². The van der Waals surface area contributed by atoms with E-state index in [9.17, 15) is 5.11 Å². The number of benzene rings is 1. The average Bonchev–Trinajstić information content (AvgIpc) is 2.84. The molecule has 1 aromatic heterocycles. The summed E-state index contributed by atoms with van der Waals surface area (Å²) in [5, 5.41) is 22.8. The van der Waals surface area contributed by atoms with Crippen LogP contribution in [0.1, 0.15) is 24.7 Å². The molecule has 0 aliphatic rings. The smallest absolute Gasteiger partial charge is 0.199 e. The van der Waals surface area contributed by atoms with Crippen molar-refractivity contribution in [2.45, 2.75) is 33.2 Å². The van der Waals surface area contributed by atoms with Crippen LogP contribution in [-0.4, -0.2) is 26.5 Å². The summed E-state index contributed by atoms with van der Waals surface area (Å²) >= 11 is 5.43. The molecule has 0 fully saturated rings. The molecule has 0 aliphatic heterocycles. The maximum atomic E-state index is 9.41. The number of nitriles is 1. The minimum Gasteiger partial charge on any atom is -0.388 e. The number of rotatable bonds is 6. The molecule has 1 aromatic carbocycles. The Labute approximate surface area is 134 Å². The molecule has 6 nitrogen and oxygen atoms in total. The van der Waals surface area contributed by atoms with E-state index in [-0.39, 0.29) is 6.61 Å². The zero-order chi connectivity index (χ0) is 16.1. The SMILES string of the molecule is CCCn1c(CO)nn(CN(C)c2cccc(C#N)c2)c1=S. The van der Waals surface area contributed by atoms with Crippen LogP contribution in [0.5, 0.6) is 0 Å². The Morgan fingerprint density at radius 3 is 2.86 bits per heavy atom. The van der Waals surface area contributed by atoms with Crippen molar-refractivity contribution < 1.29 is 5.11 Å². The molecule has 2 aromatic rings. The van der Waals surface area contributed by atoms with Gasteiger partial charge < -0.3 is 14.6 Å². The van der Waals surface area contributed by atoms with E-state index in [1.807, 2.05) is 34.7 Å². The minimum absolute atomic E-state index is 0.135. The largest absolute Gasteiger partial charge is 0.388 e. The monoisotopic (exact) mass is 317 g/mol. The van der Waals surface area contributed by atoms with Crippen LogP contribution >= 0.6 is 12.2 Å². The topological polar surface area (TPSA) is 70.0 Å². The van der Waals surface area contributed by atoms with E-state index in [1.165, 1.54) is 0 Å². The van der Waals surface area contributed by atoms with Crippen LogP contribution in [-0.2, 0) is 19.8 Å². The Bertz CT molecular complexity index is 743. The molecule has 0 spiro atoms. The van der Waals surface area contributed by atoms with Crippen molar-refractivity contribution in [3.63, 3.8) is 0 Å². The van der Waals surface area contributed by atoms with Crippen molar-refractivity contribution in [2.24, 2.45) is 0 Å². The lowest BCUT2D eigenvalue weighted by Gasteiger charge is -2.19. The normalized spacial score (nSPS) is 10.5. The van der Waals surface area contributed by atoms with Crippen molar-refractivity contribution in [1.82, 2.24) is 14.3 Å². The average molecular weight is 317 g/mol. The fraction of sp³-hybridized carbons (Fsp3) is 0.400. The van der Waals surface area contributed by atoms with Crippen molar-refractivity contribution in [3.8, 4) is 6.07 Å². The number of aliphatic hydroxyl groups excluding tert-OH is 1. The number of hydrogen-bond donors (Lipinski definition) is 1. The highest BCUT2D eigenvalue weighted by Gasteiger charge is 2.11. The first kappa shape index (κ1) is 16.2. The molecule has 116 valence electrons. The van der Waals surface area contributed by atoms with Gasteiger partial charge in [-0.25, -0.2) is 4.68 Å². The number of aliphatic hydroxyl groups is 1. The molecule has 7 heteroatoms. The van der Waals surface area contributed by atoms with Gasteiger partial charge in [0.15, 0.2) is 10.6 Å². The Kier molecular flexibility index (Phi) is 5.31. The second kappa shape index (κ2) is 7.20. The van der Waals surface area contributed by atoms with Crippen LogP contribution in [0.2, 0.25) is 0 Å². The molecule has 0 saturated heterocycles. The van der Waals surface area contributed by atoms with E-state index in [0.29, 0.717) is 22.8 Å².